The monoisotopic (exact) mass is 271 g/mol. The molecule has 0 aromatic heterocycles. The third-order valence-electron chi connectivity index (χ3n) is 2.57. The molecule has 1 atom stereocenters. The number of sulfone groups is 1. The highest BCUT2D eigenvalue weighted by atomic mass is 32.2. The van der Waals surface area contributed by atoms with Crippen LogP contribution in [-0.2, 0) is 9.84 Å². The molecule has 1 amide bonds. The summed E-state index contributed by atoms with van der Waals surface area (Å²) in [6.07, 6.45) is 1.70. The van der Waals surface area contributed by atoms with Crippen molar-refractivity contribution in [2.24, 2.45) is 0 Å². The molecule has 0 heterocycles. The van der Waals surface area contributed by atoms with Crippen LogP contribution < -0.4 is 5.32 Å². The lowest BCUT2D eigenvalue weighted by Gasteiger charge is -2.14. The largest absolute Gasteiger partial charge is 0.394 e. The second-order valence-electron chi connectivity index (χ2n) is 4.06. The van der Waals surface area contributed by atoms with Crippen molar-refractivity contribution in [1.29, 1.82) is 0 Å². The van der Waals surface area contributed by atoms with Crippen LogP contribution in [0.1, 0.15) is 23.7 Å². The summed E-state index contributed by atoms with van der Waals surface area (Å²) in [5.74, 6) is -0.388. The maximum atomic E-state index is 11.8. The molecule has 0 saturated heterocycles. The molecule has 0 bridgehead atoms. The minimum Gasteiger partial charge on any atom is -0.394 e. The van der Waals surface area contributed by atoms with E-state index in [9.17, 15) is 13.2 Å². The van der Waals surface area contributed by atoms with Gasteiger partial charge in [-0.05, 0) is 24.6 Å². The van der Waals surface area contributed by atoms with Gasteiger partial charge in [0.15, 0.2) is 9.84 Å². The number of benzene rings is 1. The second kappa shape index (κ2) is 5.97. The molecule has 0 aliphatic rings. The molecular formula is C12H17NO4S. The van der Waals surface area contributed by atoms with Crippen LogP contribution >= 0.6 is 0 Å². The number of rotatable bonds is 5. The summed E-state index contributed by atoms with van der Waals surface area (Å²) in [5.41, 5.74) is 0.268. The van der Waals surface area contributed by atoms with Gasteiger partial charge in [-0.2, -0.15) is 0 Å². The zero-order chi connectivity index (χ0) is 13.8. The van der Waals surface area contributed by atoms with E-state index in [-0.39, 0.29) is 29.0 Å². The van der Waals surface area contributed by atoms with Crippen molar-refractivity contribution in [1.82, 2.24) is 5.32 Å². The molecule has 0 saturated carbocycles. The van der Waals surface area contributed by atoms with Gasteiger partial charge in [-0.25, -0.2) is 8.42 Å². The zero-order valence-corrected chi connectivity index (χ0v) is 11.2. The Balaban J connectivity index is 2.94. The standard InChI is InChI=1S/C12H17NO4S/c1-3-10(8-14)13-12(15)9-5-4-6-11(7-9)18(2,16)17/h4-7,10,14H,3,8H2,1-2H3,(H,13,15). The first-order chi connectivity index (χ1) is 8.38. The van der Waals surface area contributed by atoms with Gasteiger partial charge in [0.25, 0.3) is 5.91 Å². The molecule has 2 N–H and O–H groups in total. The van der Waals surface area contributed by atoms with Crippen molar-refractivity contribution in [3.63, 3.8) is 0 Å². The van der Waals surface area contributed by atoms with Gasteiger partial charge in [0.2, 0.25) is 0 Å². The maximum absolute atomic E-state index is 11.8. The normalized spacial score (nSPS) is 13.1. The third kappa shape index (κ3) is 3.82. The lowest BCUT2D eigenvalue weighted by Crippen LogP contribution is -2.36. The van der Waals surface area contributed by atoms with E-state index in [0.29, 0.717) is 6.42 Å². The molecule has 1 rings (SSSR count). The van der Waals surface area contributed by atoms with Crippen molar-refractivity contribution in [2.75, 3.05) is 12.9 Å². The number of carbonyl (C=O) groups is 1. The first kappa shape index (κ1) is 14.7. The Labute approximate surface area is 107 Å². The minimum atomic E-state index is -3.33. The quantitative estimate of drug-likeness (QED) is 0.821. The van der Waals surface area contributed by atoms with Gasteiger partial charge in [-0.15, -0.1) is 0 Å². The number of hydrogen-bond acceptors (Lipinski definition) is 4. The molecular weight excluding hydrogens is 254 g/mol. The predicted molar refractivity (Wildman–Crippen MR) is 68.2 cm³/mol. The third-order valence-corrected chi connectivity index (χ3v) is 3.68. The Bertz CT molecular complexity index is 521. The van der Waals surface area contributed by atoms with E-state index in [0.717, 1.165) is 6.26 Å². The van der Waals surface area contributed by atoms with Gasteiger partial charge in [0, 0.05) is 11.8 Å². The summed E-state index contributed by atoms with van der Waals surface area (Å²) in [4.78, 5) is 11.9. The topological polar surface area (TPSA) is 83.5 Å². The van der Waals surface area contributed by atoms with Gasteiger partial charge < -0.3 is 10.4 Å². The maximum Gasteiger partial charge on any atom is 0.251 e. The molecule has 6 heteroatoms. The van der Waals surface area contributed by atoms with Crippen LogP contribution in [0.25, 0.3) is 0 Å². The Hall–Kier alpha value is -1.40. The number of aliphatic hydroxyl groups excluding tert-OH is 1. The van der Waals surface area contributed by atoms with E-state index in [1.54, 1.807) is 0 Å². The summed E-state index contributed by atoms with van der Waals surface area (Å²) in [6, 6.07) is 5.50. The van der Waals surface area contributed by atoms with Crippen LogP contribution in [0.3, 0.4) is 0 Å². The predicted octanol–water partition coefficient (Wildman–Crippen LogP) is 0.591. The van der Waals surface area contributed by atoms with Crippen LogP contribution in [0, 0.1) is 0 Å². The number of hydrogen-bond donors (Lipinski definition) is 2. The SMILES string of the molecule is CCC(CO)NC(=O)c1cccc(S(C)(=O)=O)c1. The number of aliphatic hydroxyl groups is 1. The molecule has 100 valence electrons. The van der Waals surface area contributed by atoms with Crippen LogP contribution in [0.4, 0.5) is 0 Å². The molecule has 1 unspecified atom stereocenters. The van der Waals surface area contributed by atoms with Crippen LogP contribution in [0.2, 0.25) is 0 Å². The molecule has 1 aromatic rings. The number of carbonyl (C=O) groups excluding carboxylic acids is 1. The fraction of sp³-hybridized carbons (Fsp3) is 0.417. The van der Waals surface area contributed by atoms with Crippen LogP contribution in [0.5, 0.6) is 0 Å². The summed E-state index contributed by atoms with van der Waals surface area (Å²) in [5, 5.41) is 11.6. The summed E-state index contributed by atoms with van der Waals surface area (Å²) >= 11 is 0. The van der Waals surface area contributed by atoms with Crippen molar-refractivity contribution in [3.05, 3.63) is 29.8 Å². The first-order valence-corrected chi connectivity index (χ1v) is 7.49. The van der Waals surface area contributed by atoms with Crippen molar-refractivity contribution < 1.29 is 18.3 Å². The fourth-order valence-corrected chi connectivity index (χ4v) is 2.08. The minimum absolute atomic E-state index is 0.104. The molecule has 0 aliphatic heterocycles. The van der Waals surface area contributed by atoms with E-state index in [1.165, 1.54) is 24.3 Å². The van der Waals surface area contributed by atoms with E-state index in [2.05, 4.69) is 5.32 Å². The Kier molecular flexibility index (Phi) is 4.86. The average Bonchev–Trinajstić information content (AvgIpc) is 2.34. The highest BCUT2D eigenvalue weighted by Crippen LogP contribution is 2.11. The van der Waals surface area contributed by atoms with E-state index in [4.69, 9.17) is 5.11 Å². The average molecular weight is 271 g/mol. The summed E-state index contributed by atoms with van der Waals surface area (Å²) < 4.78 is 22.7. The first-order valence-electron chi connectivity index (χ1n) is 5.60. The number of nitrogens with one attached hydrogen (secondary N) is 1. The van der Waals surface area contributed by atoms with Crippen LogP contribution in [-0.4, -0.2) is 38.3 Å². The Morgan fingerprint density at radius 3 is 2.61 bits per heavy atom. The van der Waals surface area contributed by atoms with Crippen molar-refractivity contribution >= 4 is 15.7 Å². The smallest absolute Gasteiger partial charge is 0.251 e. The zero-order valence-electron chi connectivity index (χ0n) is 10.4. The molecule has 0 radical (unpaired) electrons. The lowest BCUT2D eigenvalue weighted by atomic mass is 10.2. The van der Waals surface area contributed by atoms with Gasteiger partial charge in [0.05, 0.1) is 17.5 Å². The molecule has 1 aromatic carbocycles. The van der Waals surface area contributed by atoms with Gasteiger partial charge in [0.1, 0.15) is 0 Å². The molecule has 5 nitrogen and oxygen atoms in total. The highest BCUT2D eigenvalue weighted by molar-refractivity contribution is 7.90. The Morgan fingerprint density at radius 1 is 1.44 bits per heavy atom. The number of amides is 1. The summed E-state index contributed by atoms with van der Waals surface area (Å²) in [7, 11) is -3.33. The van der Waals surface area contributed by atoms with Gasteiger partial charge >= 0.3 is 0 Å². The molecule has 0 spiro atoms. The van der Waals surface area contributed by atoms with Crippen molar-refractivity contribution in [2.45, 2.75) is 24.3 Å². The van der Waals surface area contributed by atoms with E-state index < -0.39 is 9.84 Å². The lowest BCUT2D eigenvalue weighted by molar-refractivity contribution is 0.0914. The Morgan fingerprint density at radius 2 is 2.11 bits per heavy atom. The molecule has 18 heavy (non-hydrogen) atoms. The van der Waals surface area contributed by atoms with Crippen molar-refractivity contribution in [3.8, 4) is 0 Å². The molecule has 0 aliphatic carbocycles. The van der Waals surface area contributed by atoms with Crippen LogP contribution in [0.15, 0.2) is 29.2 Å². The highest BCUT2D eigenvalue weighted by Gasteiger charge is 2.14. The summed E-state index contributed by atoms with van der Waals surface area (Å²) in [6.45, 7) is 1.70. The fourth-order valence-electron chi connectivity index (χ4n) is 1.41. The van der Waals surface area contributed by atoms with E-state index >= 15 is 0 Å². The molecule has 0 fully saturated rings. The second-order valence-corrected chi connectivity index (χ2v) is 6.08. The van der Waals surface area contributed by atoms with E-state index in [1.807, 2.05) is 6.92 Å². The van der Waals surface area contributed by atoms with Gasteiger partial charge in [-0.1, -0.05) is 13.0 Å². The van der Waals surface area contributed by atoms with Gasteiger partial charge in [-0.3, -0.25) is 4.79 Å².